The lowest BCUT2D eigenvalue weighted by Gasteiger charge is -2.12. The fraction of sp³-hybridized carbons (Fsp3) is 0.333. The first kappa shape index (κ1) is 8.89. The van der Waals surface area contributed by atoms with Crippen LogP contribution in [0.25, 0.3) is 6.08 Å². The molecule has 0 unspecified atom stereocenters. The lowest BCUT2D eigenvalue weighted by molar-refractivity contribution is 0.802. The third kappa shape index (κ3) is 2.63. The smallest absolute Gasteiger partial charge is 0.00231 e. The molecule has 0 spiro atoms. The first-order valence-corrected chi connectivity index (χ1v) is 5.82. The number of allylic oxidation sites excluding steroid dienone is 1. The molecule has 1 aromatic carbocycles. The van der Waals surface area contributed by atoms with Crippen LogP contribution in [0.5, 0.6) is 0 Å². The first-order chi connectivity index (χ1) is 6.45. The Kier molecular flexibility index (Phi) is 3.09. The zero-order valence-corrected chi connectivity index (χ0v) is 8.52. The summed E-state index contributed by atoms with van der Waals surface area (Å²) in [5.41, 5.74) is 1.34. The van der Waals surface area contributed by atoms with Gasteiger partial charge in [0.1, 0.15) is 0 Å². The number of thioether (sulfide) groups is 1. The van der Waals surface area contributed by atoms with Gasteiger partial charge in [-0.15, -0.1) is 11.8 Å². The molecule has 1 aliphatic heterocycles. The van der Waals surface area contributed by atoms with Crippen molar-refractivity contribution in [1.82, 2.24) is 0 Å². The van der Waals surface area contributed by atoms with Crippen molar-refractivity contribution in [2.75, 3.05) is 5.75 Å². The van der Waals surface area contributed by atoms with E-state index in [4.69, 9.17) is 0 Å². The normalized spacial score (nSPS) is 20.5. The topological polar surface area (TPSA) is 0 Å². The van der Waals surface area contributed by atoms with Crippen LogP contribution in [0.2, 0.25) is 0 Å². The van der Waals surface area contributed by atoms with Crippen molar-refractivity contribution in [3.8, 4) is 0 Å². The van der Waals surface area contributed by atoms with Gasteiger partial charge in [0.25, 0.3) is 0 Å². The molecule has 68 valence electrons. The van der Waals surface area contributed by atoms with Crippen molar-refractivity contribution in [2.24, 2.45) is 0 Å². The molecule has 0 amide bonds. The Morgan fingerprint density at radius 1 is 1.08 bits per heavy atom. The Morgan fingerprint density at radius 2 is 1.92 bits per heavy atom. The zero-order chi connectivity index (χ0) is 8.93. The largest absolute Gasteiger partial charge is 0.131 e. The van der Waals surface area contributed by atoms with Crippen molar-refractivity contribution >= 4 is 17.8 Å². The highest BCUT2D eigenvalue weighted by atomic mass is 32.2. The molecular formula is C12H14S. The summed E-state index contributed by atoms with van der Waals surface area (Å²) in [6, 6.07) is 10.6. The number of hydrogen-bond acceptors (Lipinski definition) is 1. The highest BCUT2D eigenvalue weighted by Crippen LogP contribution is 2.30. The van der Waals surface area contributed by atoms with Crippen LogP contribution in [-0.2, 0) is 0 Å². The van der Waals surface area contributed by atoms with Crippen LogP contribution in [0.3, 0.4) is 0 Å². The predicted molar refractivity (Wildman–Crippen MR) is 60.7 cm³/mol. The van der Waals surface area contributed by atoms with Gasteiger partial charge in [0.15, 0.2) is 0 Å². The number of benzene rings is 1. The maximum atomic E-state index is 2.32. The fourth-order valence-electron chi connectivity index (χ4n) is 1.53. The molecule has 0 N–H and O–H groups in total. The molecule has 1 heterocycles. The van der Waals surface area contributed by atoms with Gasteiger partial charge in [0, 0.05) is 0 Å². The van der Waals surface area contributed by atoms with Crippen LogP contribution >= 0.6 is 11.8 Å². The Balaban J connectivity index is 2.10. The first-order valence-electron chi connectivity index (χ1n) is 4.83. The highest BCUT2D eigenvalue weighted by molar-refractivity contribution is 8.03. The maximum Gasteiger partial charge on any atom is -0.00231 e. The average Bonchev–Trinajstić information content (AvgIpc) is 2.21. The van der Waals surface area contributed by atoms with Crippen LogP contribution < -0.4 is 0 Å². The van der Waals surface area contributed by atoms with Gasteiger partial charge in [0.05, 0.1) is 0 Å². The Morgan fingerprint density at radius 3 is 2.62 bits per heavy atom. The Labute approximate surface area is 84.0 Å². The molecule has 0 bridgehead atoms. The van der Waals surface area contributed by atoms with Gasteiger partial charge in [0.2, 0.25) is 0 Å². The Hall–Kier alpha value is -0.690. The molecule has 0 nitrogen and oxygen atoms in total. The molecule has 1 fully saturated rings. The molecule has 2 rings (SSSR count). The molecule has 0 aromatic heterocycles. The van der Waals surface area contributed by atoms with Crippen molar-refractivity contribution in [3.05, 3.63) is 40.8 Å². The minimum absolute atomic E-state index is 1.28. The second-order valence-corrected chi connectivity index (χ2v) is 4.55. The van der Waals surface area contributed by atoms with Crippen LogP contribution in [0.4, 0.5) is 0 Å². The fourth-order valence-corrected chi connectivity index (χ4v) is 2.64. The summed E-state index contributed by atoms with van der Waals surface area (Å²) in [7, 11) is 0. The van der Waals surface area contributed by atoms with E-state index >= 15 is 0 Å². The van der Waals surface area contributed by atoms with Gasteiger partial charge in [-0.1, -0.05) is 30.3 Å². The maximum absolute atomic E-state index is 2.32. The van der Waals surface area contributed by atoms with Gasteiger partial charge >= 0.3 is 0 Å². The summed E-state index contributed by atoms with van der Waals surface area (Å²) >= 11 is 2.02. The molecule has 0 aliphatic carbocycles. The molecule has 1 saturated heterocycles. The van der Waals surface area contributed by atoms with E-state index in [0.717, 1.165) is 0 Å². The molecule has 0 saturated carbocycles. The third-order valence-corrected chi connectivity index (χ3v) is 3.42. The second-order valence-electron chi connectivity index (χ2n) is 3.33. The lowest BCUT2D eigenvalue weighted by atomic mass is 10.1. The molecule has 1 aliphatic rings. The van der Waals surface area contributed by atoms with E-state index < -0.39 is 0 Å². The monoisotopic (exact) mass is 190 g/mol. The van der Waals surface area contributed by atoms with Crippen LogP contribution in [0, 0.1) is 0 Å². The van der Waals surface area contributed by atoms with Crippen molar-refractivity contribution in [2.45, 2.75) is 19.3 Å². The number of hydrogen-bond donors (Lipinski definition) is 0. The van der Waals surface area contributed by atoms with Gasteiger partial charge in [-0.25, -0.2) is 0 Å². The van der Waals surface area contributed by atoms with Crippen molar-refractivity contribution in [3.63, 3.8) is 0 Å². The standard InChI is InChI=1S/C12H14S/c1-2-6-11(7-3-1)10-12-8-4-5-9-13-12/h1-3,6-7,10H,4-5,8-9H2/b12-10-. The van der Waals surface area contributed by atoms with E-state index in [9.17, 15) is 0 Å². The van der Waals surface area contributed by atoms with E-state index in [1.165, 1.54) is 30.6 Å². The summed E-state index contributed by atoms with van der Waals surface area (Å²) in [6.07, 6.45) is 6.35. The van der Waals surface area contributed by atoms with E-state index in [-0.39, 0.29) is 0 Å². The molecule has 13 heavy (non-hydrogen) atoms. The zero-order valence-electron chi connectivity index (χ0n) is 7.70. The highest BCUT2D eigenvalue weighted by Gasteiger charge is 2.04. The van der Waals surface area contributed by atoms with E-state index in [0.29, 0.717) is 0 Å². The van der Waals surface area contributed by atoms with E-state index in [1.54, 1.807) is 4.91 Å². The summed E-state index contributed by atoms with van der Waals surface area (Å²) < 4.78 is 0. The predicted octanol–water partition coefficient (Wildman–Crippen LogP) is 3.94. The summed E-state index contributed by atoms with van der Waals surface area (Å²) in [6.45, 7) is 0. The minimum atomic E-state index is 1.28. The molecular weight excluding hydrogens is 176 g/mol. The van der Waals surface area contributed by atoms with Crippen LogP contribution in [0.15, 0.2) is 35.2 Å². The van der Waals surface area contributed by atoms with Gasteiger partial charge in [-0.3, -0.25) is 0 Å². The minimum Gasteiger partial charge on any atom is -0.131 e. The SMILES string of the molecule is C(=C1\CCCCS1)/c1ccccc1. The summed E-state index contributed by atoms with van der Waals surface area (Å²) in [5.74, 6) is 1.30. The van der Waals surface area contributed by atoms with Crippen LogP contribution in [0.1, 0.15) is 24.8 Å². The van der Waals surface area contributed by atoms with Crippen molar-refractivity contribution in [1.29, 1.82) is 0 Å². The molecule has 0 radical (unpaired) electrons. The molecule has 0 atom stereocenters. The van der Waals surface area contributed by atoms with Crippen LogP contribution in [-0.4, -0.2) is 5.75 Å². The lowest BCUT2D eigenvalue weighted by Crippen LogP contribution is -1.91. The average molecular weight is 190 g/mol. The van der Waals surface area contributed by atoms with E-state index in [2.05, 4.69) is 36.4 Å². The van der Waals surface area contributed by atoms with Crippen molar-refractivity contribution < 1.29 is 0 Å². The number of rotatable bonds is 1. The summed E-state index contributed by atoms with van der Waals surface area (Å²) in [4.78, 5) is 1.55. The summed E-state index contributed by atoms with van der Waals surface area (Å²) in [5, 5.41) is 0. The third-order valence-electron chi connectivity index (χ3n) is 2.23. The molecule has 1 aromatic rings. The molecule has 1 heteroatoms. The quantitative estimate of drug-likeness (QED) is 0.646. The van der Waals surface area contributed by atoms with Gasteiger partial charge in [-0.2, -0.15) is 0 Å². The van der Waals surface area contributed by atoms with Gasteiger partial charge in [-0.05, 0) is 41.6 Å². The second kappa shape index (κ2) is 4.52. The van der Waals surface area contributed by atoms with Gasteiger partial charge < -0.3 is 0 Å². The Bertz CT molecular complexity index is 279. The van der Waals surface area contributed by atoms with E-state index in [1.807, 2.05) is 11.8 Å².